The van der Waals surface area contributed by atoms with Crippen LogP contribution < -0.4 is 16.2 Å². The van der Waals surface area contributed by atoms with Crippen LogP contribution in [0, 0.1) is 6.92 Å². The first-order valence-electron chi connectivity index (χ1n) is 9.86. The second-order valence-electron chi connectivity index (χ2n) is 7.28. The molecule has 6 nitrogen and oxygen atoms in total. The summed E-state index contributed by atoms with van der Waals surface area (Å²) in [6, 6.07) is 23.4. The van der Waals surface area contributed by atoms with E-state index in [9.17, 15) is 14.4 Å². The van der Waals surface area contributed by atoms with Crippen molar-refractivity contribution < 1.29 is 9.59 Å². The molecule has 0 aliphatic rings. The Morgan fingerprint density at radius 1 is 0.839 bits per heavy atom. The molecule has 3 aromatic carbocycles. The average molecular weight is 411 g/mol. The molecule has 31 heavy (non-hydrogen) atoms. The Morgan fingerprint density at radius 3 is 2.39 bits per heavy atom. The quantitative estimate of drug-likeness (QED) is 0.516. The second kappa shape index (κ2) is 8.67. The van der Waals surface area contributed by atoms with Gasteiger partial charge in [0.25, 0.3) is 11.5 Å². The van der Waals surface area contributed by atoms with Crippen LogP contribution in [0.25, 0.3) is 10.8 Å². The zero-order valence-electron chi connectivity index (χ0n) is 17.0. The number of pyridine rings is 1. The van der Waals surface area contributed by atoms with Crippen molar-refractivity contribution in [1.29, 1.82) is 0 Å². The molecule has 0 saturated heterocycles. The predicted octanol–water partition coefficient (Wildman–Crippen LogP) is 4.20. The Morgan fingerprint density at radius 2 is 1.58 bits per heavy atom. The van der Waals surface area contributed by atoms with Gasteiger partial charge in [0.15, 0.2) is 0 Å². The highest BCUT2D eigenvalue weighted by molar-refractivity contribution is 6.09. The summed E-state index contributed by atoms with van der Waals surface area (Å²) < 4.78 is 1.36. The maximum atomic E-state index is 12.7. The van der Waals surface area contributed by atoms with E-state index >= 15 is 0 Å². The van der Waals surface area contributed by atoms with Gasteiger partial charge in [0, 0.05) is 34.6 Å². The maximum absolute atomic E-state index is 12.7. The van der Waals surface area contributed by atoms with Crippen molar-refractivity contribution >= 4 is 34.0 Å². The molecule has 0 fully saturated rings. The number of fused-ring (bicyclic) bond motifs is 1. The first kappa shape index (κ1) is 20.1. The Bertz CT molecular complexity index is 1320. The zero-order valence-corrected chi connectivity index (χ0v) is 17.0. The minimum Gasteiger partial charge on any atom is -0.325 e. The maximum Gasteiger partial charge on any atom is 0.255 e. The van der Waals surface area contributed by atoms with Gasteiger partial charge >= 0.3 is 0 Å². The fourth-order valence-electron chi connectivity index (χ4n) is 3.36. The van der Waals surface area contributed by atoms with Crippen molar-refractivity contribution in [3.8, 4) is 0 Å². The number of nitrogens with zero attached hydrogens (tertiary/aromatic N) is 1. The summed E-state index contributed by atoms with van der Waals surface area (Å²) >= 11 is 0. The highest BCUT2D eigenvalue weighted by atomic mass is 16.2. The average Bonchev–Trinajstić information content (AvgIpc) is 2.77. The lowest BCUT2D eigenvalue weighted by Gasteiger charge is -2.10. The van der Waals surface area contributed by atoms with Gasteiger partial charge in [0.2, 0.25) is 5.91 Å². The summed E-state index contributed by atoms with van der Waals surface area (Å²) in [6.07, 6.45) is 1.64. The van der Waals surface area contributed by atoms with Gasteiger partial charge in [0.1, 0.15) is 6.54 Å². The lowest BCUT2D eigenvalue weighted by Crippen LogP contribution is -2.26. The molecule has 4 rings (SSSR count). The fourth-order valence-corrected chi connectivity index (χ4v) is 3.36. The molecule has 0 bridgehead atoms. The van der Waals surface area contributed by atoms with Crippen LogP contribution in [0.3, 0.4) is 0 Å². The van der Waals surface area contributed by atoms with Gasteiger partial charge in [-0.25, -0.2) is 0 Å². The molecule has 0 aliphatic carbocycles. The van der Waals surface area contributed by atoms with E-state index in [4.69, 9.17) is 0 Å². The summed E-state index contributed by atoms with van der Waals surface area (Å²) in [4.78, 5) is 36.8. The van der Waals surface area contributed by atoms with E-state index in [0.717, 1.165) is 22.0 Å². The first-order chi connectivity index (χ1) is 15.0. The number of benzene rings is 3. The van der Waals surface area contributed by atoms with Crippen LogP contribution in [0.4, 0.5) is 11.4 Å². The number of hydrogen-bond acceptors (Lipinski definition) is 3. The molecular weight excluding hydrogens is 390 g/mol. The third kappa shape index (κ3) is 4.70. The molecule has 2 amide bonds. The number of aryl methyl sites for hydroxylation is 1. The van der Waals surface area contributed by atoms with Crippen LogP contribution >= 0.6 is 0 Å². The van der Waals surface area contributed by atoms with Crippen molar-refractivity contribution in [1.82, 2.24) is 4.57 Å². The standard InChI is InChI=1S/C25H21N3O3/c1-17-9-14-24(30)28(15-17)16-23(29)26-20-12-10-19(11-13-20)25(31)27-22-8-4-6-18-5-2-3-7-21(18)22/h2-15H,16H2,1H3,(H,26,29)(H,27,31). The van der Waals surface area contributed by atoms with Crippen LogP contribution in [0.1, 0.15) is 15.9 Å². The third-order valence-corrected chi connectivity index (χ3v) is 4.91. The Hall–Kier alpha value is -4.19. The molecule has 0 atom stereocenters. The number of amides is 2. The Kier molecular flexibility index (Phi) is 5.62. The summed E-state index contributed by atoms with van der Waals surface area (Å²) in [5.41, 5.74) is 2.42. The highest BCUT2D eigenvalue weighted by Crippen LogP contribution is 2.23. The van der Waals surface area contributed by atoms with E-state index in [1.807, 2.05) is 49.4 Å². The van der Waals surface area contributed by atoms with Crippen LogP contribution in [0.15, 0.2) is 89.9 Å². The van der Waals surface area contributed by atoms with E-state index < -0.39 is 0 Å². The third-order valence-electron chi connectivity index (χ3n) is 4.91. The molecule has 1 heterocycles. The van der Waals surface area contributed by atoms with E-state index in [0.29, 0.717) is 11.3 Å². The Balaban J connectivity index is 1.43. The second-order valence-corrected chi connectivity index (χ2v) is 7.28. The van der Waals surface area contributed by atoms with E-state index in [1.54, 1.807) is 36.5 Å². The molecule has 0 spiro atoms. The van der Waals surface area contributed by atoms with Crippen molar-refractivity contribution in [2.24, 2.45) is 0 Å². The van der Waals surface area contributed by atoms with E-state index in [1.165, 1.54) is 10.6 Å². The van der Waals surface area contributed by atoms with Crippen molar-refractivity contribution in [3.63, 3.8) is 0 Å². The summed E-state index contributed by atoms with van der Waals surface area (Å²) in [7, 11) is 0. The number of anilines is 2. The van der Waals surface area contributed by atoms with Crippen LogP contribution in [0.5, 0.6) is 0 Å². The molecule has 0 aliphatic heterocycles. The molecule has 0 unspecified atom stereocenters. The van der Waals surface area contributed by atoms with Gasteiger partial charge in [-0.3, -0.25) is 14.4 Å². The number of hydrogen-bond donors (Lipinski definition) is 2. The van der Waals surface area contributed by atoms with Crippen LogP contribution in [-0.2, 0) is 11.3 Å². The van der Waals surface area contributed by atoms with Crippen LogP contribution in [-0.4, -0.2) is 16.4 Å². The summed E-state index contributed by atoms with van der Waals surface area (Å²) in [5.74, 6) is -0.554. The Labute approximate surface area is 179 Å². The monoisotopic (exact) mass is 411 g/mol. The summed E-state index contributed by atoms with van der Waals surface area (Å²) in [6.45, 7) is 1.78. The number of aromatic nitrogens is 1. The molecule has 1 aromatic heterocycles. The van der Waals surface area contributed by atoms with Crippen molar-refractivity contribution in [2.45, 2.75) is 13.5 Å². The first-order valence-corrected chi connectivity index (χ1v) is 9.86. The summed E-state index contributed by atoms with van der Waals surface area (Å²) in [5, 5.41) is 7.70. The van der Waals surface area contributed by atoms with E-state index in [2.05, 4.69) is 10.6 Å². The normalized spacial score (nSPS) is 10.6. The molecule has 6 heteroatoms. The smallest absolute Gasteiger partial charge is 0.255 e. The topological polar surface area (TPSA) is 80.2 Å². The molecule has 0 radical (unpaired) electrons. The lowest BCUT2D eigenvalue weighted by atomic mass is 10.1. The van der Waals surface area contributed by atoms with Gasteiger partial charge < -0.3 is 15.2 Å². The predicted molar refractivity (Wildman–Crippen MR) is 122 cm³/mol. The van der Waals surface area contributed by atoms with Gasteiger partial charge in [-0.2, -0.15) is 0 Å². The number of carbonyl (C=O) groups is 2. The lowest BCUT2D eigenvalue weighted by molar-refractivity contribution is -0.116. The number of carbonyl (C=O) groups excluding carboxylic acids is 2. The highest BCUT2D eigenvalue weighted by Gasteiger charge is 2.10. The molecule has 4 aromatic rings. The van der Waals surface area contributed by atoms with Gasteiger partial charge in [-0.15, -0.1) is 0 Å². The van der Waals surface area contributed by atoms with Crippen molar-refractivity contribution in [3.05, 3.63) is 107 Å². The van der Waals surface area contributed by atoms with Gasteiger partial charge in [0.05, 0.1) is 0 Å². The van der Waals surface area contributed by atoms with Crippen LogP contribution in [0.2, 0.25) is 0 Å². The zero-order chi connectivity index (χ0) is 21.8. The minimum absolute atomic E-state index is 0.0795. The van der Waals surface area contributed by atoms with Gasteiger partial charge in [-0.05, 0) is 48.2 Å². The van der Waals surface area contributed by atoms with Gasteiger partial charge in [-0.1, -0.05) is 42.5 Å². The number of rotatable bonds is 5. The molecule has 0 saturated carbocycles. The van der Waals surface area contributed by atoms with Crippen molar-refractivity contribution in [2.75, 3.05) is 10.6 Å². The largest absolute Gasteiger partial charge is 0.325 e. The fraction of sp³-hybridized carbons (Fsp3) is 0.0800. The minimum atomic E-state index is -0.319. The molecular formula is C25H21N3O3. The SMILES string of the molecule is Cc1ccc(=O)n(CC(=O)Nc2ccc(C(=O)Nc3cccc4ccccc34)cc2)c1. The van der Waals surface area contributed by atoms with E-state index in [-0.39, 0.29) is 23.9 Å². The molecule has 2 N–H and O–H groups in total. The number of nitrogens with one attached hydrogen (secondary N) is 2. The molecule has 154 valence electrons.